The molecule has 3 atom stereocenters. The molecule has 1 aliphatic heterocycles. The highest BCUT2D eigenvalue weighted by Crippen LogP contribution is 2.39. The molecular weight excluding hydrogens is 296 g/mol. The van der Waals surface area contributed by atoms with Gasteiger partial charge in [-0.05, 0) is 19.0 Å². The number of rotatable bonds is 5. The van der Waals surface area contributed by atoms with E-state index in [1.165, 1.54) is 6.07 Å². The molecule has 1 N–H and O–H groups in total. The normalized spacial score (nSPS) is 24.6. The Bertz CT molecular complexity index is 442. The summed E-state index contributed by atoms with van der Waals surface area (Å²) in [6.07, 6.45) is 0.979. The second-order valence-electron chi connectivity index (χ2n) is 4.99. The Morgan fingerprint density at radius 1 is 1.30 bits per heavy atom. The van der Waals surface area contributed by atoms with Crippen LogP contribution in [0.1, 0.15) is 31.9 Å². The summed E-state index contributed by atoms with van der Waals surface area (Å²) in [6, 6.07) is 4.36. The highest BCUT2D eigenvalue weighted by molar-refractivity contribution is 8.07. The van der Waals surface area contributed by atoms with E-state index in [4.69, 9.17) is 0 Å². The minimum absolute atomic E-state index is 0.126. The molecule has 0 radical (unpaired) electrons. The summed E-state index contributed by atoms with van der Waals surface area (Å²) in [7, 11) is 0. The summed E-state index contributed by atoms with van der Waals surface area (Å²) in [4.78, 5) is 0. The van der Waals surface area contributed by atoms with Gasteiger partial charge in [0.25, 0.3) is 0 Å². The third-order valence-electron chi connectivity index (χ3n) is 3.50. The first-order chi connectivity index (χ1) is 9.65. The molecule has 0 amide bonds. The van der Waals surface area contributed by atoms with Crippen LogP contribution in [0, 0.1) is 11.6 Å². The number of nitrogens with one attached hydrogen (secondary N) is 1. The Labute approximate surface area is 128 Å². The zero-order valence-electron chi connectivity index (χ0n) is 11.9. The summed E-state index contributed by atoms with van der Waals surface area (Å²) in [5.41, 5.74) is 0.463. The van der Waals surface area contributed by atoms with Gasteiger partial charge < -0.3 is 5.32 Å². The van der Waals surface area contributed by atoms with Crippen molar-refractivity contribution in [3.63, 3.8) is 0 Å². The molecule has 1 aliphatic rings. The van der Waals surface area contributed by atoms with E-state index >= 15 is 0 Å². The second-order valence-corrected chi connectivity index (χ2v) is 7.76. The van der Waals surface area contributed by atoms with E-state index in [9.17, 15) is 8.78 Å². The lowest BCUT2D eigenvalue weighted by molar-refractivity contribution is 0.451. The van der Waals surface area contributed by atoms with E-state index in [0.29, 0.717) is 10.8 Å². The van der Waals surface area contributed by atoms with Crippen LogP contribution in [0.2, 0.25) is 0 Å². The monoisotopic (exact) mass is 317 g/mol. The van der Waals surface area contributed by atoms with Gasteiger partial charge in [-0.2, -0.15) is 23.5 Å². The maximum absolute atomic E-state index is 14.1. The van der Waals surface area contributed by atoms with Crippen molar-refractivity contribution in [3.05, 3.63) is 35.4 Å². The third kappa shape index (κ3) is 3.68. The maximum Gasteiger partial charge on any atom is 0.163 e. The van der Waals surface area contributed by atoms with Crippen molar-refractivity contribution >= 4 is 23.5 Å². The Morgan fingerprint density at radius 3 is 2.75 bits per heavy atom. The van der Waals surface area contributed by atoms with Crippen LogP contribution in [0.3, 0.4) is 0 Å². The molecule has 1 heterocycles. The number of halogens is 2. The maximum atomic E-state index is 14.1. The molecule has 0 saturated carbocycles. The number of benzene rings is 1. The van der Waals surface area contributed by atoms with Gasteiger partial charge in [0.05, 0.1) is 0 Å². The van der Waals surface area contributed by atoms with E-state index in [1.807, 2.05) is 23.5 Å². The number of hydrogen-bond acceptors (Lipinski definition) is 3. The summed E-state index contributed by atoms with van der Waals surface area (Å²) in [5, 5.41) is 4.12. The third-order valence-corrected chi connectivity index (χ3v) is 6.69. The van der Waals surface area contributed by atoms with Crippen LogP contribution >= 0.6 is 23.5 Å². The van der Waals surface area contributed by atoms with E-state index in [-0.39, 0.29) is 11.3 Å². The molecule has 20 heavy (non-hydrogen) atoms. The smallest absolute Gasteiger partial charge is 0.163 e. The van der Waals surface area contributed by atoms with Crippen molar-refractivity contribution in [1.82, 2.24) is 5.32 Å². The Balaban J connectivity index is 2.28. The molecule has 112 valence electrons. The molecule has 3 unspecified atom stereocenters. The van der Waals surface area contributed by atoms with Gasteiger partial charge in [-0.3, -0.25) is 0 Å². The SMILES string of the molecule is CCCNC(c1cccc(F)c1F)C1SCCSC1C. The molecule has 1 fully saturated rings. The molecule has 1 aromatic carbocycles. The topological polar surface area (TPSA) is 12.0 Å². The van der Waals surface area contributed by atoms with Crippen LogP contribution in [0.5, 0.6) is 0 Å². The lowest BCUT2D eigenvalue weighted by atomic mass is 10.0. The van der Waals surface area contributed by atoms with Crippen LogP contribution in [0.25, 0.3) is 0 Å². The van der Waals surface area contributed by atoms with Crippen LogP contribution in [0.15, 0.2) is 18.2 Å². The van der Waals surface area contributed by atoms with Gasteiger partial charge in [-0.15, -0.1) is 0 Å². The largest absolute Gasteiger partial charge is 0.309 e. The zero-order valence-corrected chi connectivity index (χ0v) is 13.5. The lowest BCUT2D eigenvalue weighted by Crippen LogP contribution is -2.38. The fraction of sp³-hybridized carbons (Fsp3) is 0.600. The Kier molecular flexibility index (Phi) is 6.18. The summed E-state index contributed by atoms with van der Waals surface area (Å²) in [6.45, 7) is 5.08. The number of thioether (sulfide) groups is 2. The van der Waals surface area contributed by atoms with Crippen molar-refractivity contribution in [2.24, 2.45) is 0 Å². The average Bonchev–Trinajstić information content (AvgIpc) is 2.45. The molecule has 5 heteroatoms. The van der Waals surface area contributed by atoms with Crippen molar-refractivity contribution in [3.8, 4) is 0 Å². The van der Waals surface area contributed by atoms with Crippen LogP contribution < -0.4 is 5.32 Å². The van der Waals surface area contributed by atoms with E-state index in [2.05, 4.69) is 19.2 Å². The van der Waals surface area contributed by atoms with Crippen molar-refractivity contribution in [2.75, 3.05) is 18.1 Å². The average molecular weight is 317 g/mol. The Morgan fingerprint density at radius 2 is 2.05 bits per heavy atom. The summed E-state index contributed by atoms with van der Waals surface area (Å²) >= 11 is 3.78. The van der Waals surface area contributed by atoms with Crippen molar-refractivity contribution < 1.29 is 8.78 Å². The minimum Gasteiger partial charge on any atom is -0.309 e. The quantitative estimate of drug-likeness (QED) is 0.872. The van der Waals surface area contributed by atoms with E-state index in [0.717, 1.165) is 24.5 Å². The zero-order chi connectivity index (χ0) is 14.5. The van der Waals surface area contributed by atoms with E-state index in [1.54, 1.807) is 12.1 Å². The molecule has 1 aromatic rings. The molecule has 1 nitrogen and oxygen atoms in total. The summed E-state index contributed by atoms with van der Waals surface area (Å²) in [5.74, 6) is 0.742. The van der Waals surface area contributed by atoms with Crippen LogP contribution in [-0.2, 0) is 0 Å². The minimum atomic E-state index is -0.757. The standard InChI is InChI=1S/C15H21F2NS2/c1-3-7-18-14(15-10(2)19-8-9-20-15)11-5-4-6-12(16)13(11)17/h4-6,10,14-15,18H,3,7-9H2,1-2H3. The van der Waals surface area contributed by atoms with Gasteiger partial charge in [0.2, 0.25) is 0 Å². The predicted molar refractivity (Wildman–Crippen MR) is 85.6 cm³/mol. The first-order valence-electron chi connectivity index (χ1n) is 7.05. The van der Waals surface area contributed by atoms with Crippen LogP contribution in [0.4, 0.5) is 8.78 Å². The van der Waals surface area contributed by atoms with Crippen molar-refractivity contribution in [1.29, 1.82) is 0 Å². The fourth-order valence-electron chi connectivity index (χ4n) is 2.48. The van der Waals surface area contributed by atoms with Gasteiger partial charge >= 0.3 is 0 Å². The molecule has 0 aliphatic carbocycles. The fourth-order valence-corrected chi connectivity index (χ4v) is 5.42. The molecule has 2 rings (SSSR count). The van der Waals surface area contributed by atoms with Crippen LogP contribution in [-0.4, -0.2) is 28.6 Å². The lowest BCUT2D eigenvalue weighted by Gasteiger charge is -2.35. The van der Waals surface area contributed by atoms with Crippen molar-refractivity contribution in [2.45, 2.75) is 36.8 Å². The molecule has 0 spiro atoms. The molecular formula is C15H21F2NS2. The van der Waals surface area contributed by atoms with Gasteiger partial charge in [-0.25, -0.2) is 8.78 Å². The molecule has 0 aromatic heterocycles. The summed E-state index contributed by atoms with van der Waals surface area (Å²) < 4.78 is 27.6. The van der Waals surface area contributed by atoms with Gasteiger partial charge in [0.15, 0.2) is 11.6 Å². The second kappa shape index (κ2) is 7.66. The first-order valence-corrected chi connectivity index (χ1v) is 9.15. The highest BCUT2D eigenvalue weighted by Gasteiger charge is 2.33. The highest BCUT2D eigenvalue weighted by atomic mass is 32.2. The predicted octanol–water partition coefficient (Wildman–Crippen LogP) is 4.24. The van der Waals surface area contributed by atoms with Gasteiger partial charge in [-0.1, -0.05) is 26.0 Å². The van der Waals surface area contributed by atoms with E-state index < -0.39 is 11.6 Å². The van der Waals surface area contributed by atoms with Gasteiger partial charge in [0.1, 0.15) is 0 Å². The van der Waals surface area contributed by atoms with Gasteiger partial charge in [0, 0.05) is 33.6 Å². The molecule has 1 saturated heterocycles. The first kappa shape index (κ1) is 16.1. The molecule has 0 bridgehead atoms. The Hall–Kier alpha value is -0.260. The number of hydrogen-bond donors (Lipinski definition) is 1.